The van der Waals surface area contributed by atoms with E-state index in [2.05, 4.69) is 29.2 Å². The van der Waals surface area contributed by atoms with Gasteiger partial charge in [0, 0.05) is 31.5 Å². The third-order valence-corrected chi connectivity index (χ3v) is 6.23. The van der Waals surface area contributed by atoms with Gasteiger partial charge in [-0.1, -0.05) is 13.8 Å². The van der Waals surface area contributed by atoms with Crippen LogP contribution in [-0.4, -0.2) is 74.9 Å². The van der Waals surface area contributed by atoms with Crippen molar-refractivity contribution in [1.82, 2.24) is 14.7 Å². The van der Waals surface area contributed by atoms with Crippen LogP contribution in [0.3, 0.4) is 0 Å². The molecule has 1 fully saturated rings. The van der Waals surface area contributed by atoms with E-state index in [4.69, 9.17) is 9.88 Å². The topological polar surface area (TPSA) is 123 Å². The summed E-state index contributed by atoms with van der Waals surface area (Å²) < 4.78 is 30.8. The summed E-state index contributed by atoms with van der Waals surface area (Å²) in [6, 6.07) is 4.36. The summed E-state index contributed by atoms with van der Waals surface area (Å²) in [7, 11) is -3.94. The van der Waals surface area contributed by atoms with Gasteiger partial charge in [-0.3, -0.25) is 9.48 Å². The largest absolute Gasteiger partial charge is 0.378 e. The number of sulfonamides is 1. The molecule has 1 aromatic heterocycles. The van der Waals surface area contributed by atoms with Gasteiger partial charge in [0.15, 0.2) is 0 Å². The molecule has 1 amide bonds. The van der Waals surface area contributed by atoms with Crippen molar-refractivity contribution in [3.63, 3.8) is 0 Å². The van der Waals surface area contributed by atoms with Gasteiger partial charge >= 0.3 is 0 Å². The zero-order chi connectivity index (χ0) is 22.4. The molecule has 0 bridgehead atoms. The number of anilines is 2. The number of aromatic nitrogens is 2. The molecule has 0 unspecified atom stereocenters. The Labute approximate surface area is 183 Å². The van der Waals surface area contributed by atoms with Gasteiger partial charge in [0.2, 0.25) is 10.0 Å². The van der Waals surface area contributed by atoms with Crippen molar-refractivity contribution >= 4 is 27.3 Å². The molecule has 170 valence electrons. The molecule has 0 aliphatic carbocycles. The van der Waals surface area contributed by atoms with E-state index in [9.17, 15) is 13.2 Å². The number of likely N-dealkylation sites (N-methyl/N-ethyl adjacent to an activating group) is 1. The van der Waals surface area contributed by atoms with Crippen molar-refractivity contribution in [2.45, 2.75) is 25.3 Å². The summed E-state index contributed by atoms with van der Waals surface area (Å²) in [5.41, 5.74) is 1.42. The number of ether oxygens (including phenoxy) is 1. The van der Waals surface area contributed by atoms with Crippen molar-refractivity contribution in [1.29, 1.82) is 0 Å². The zero-order valence-corrected chi connectivity index (χ0v) is 18.8. The Morgan fingerprint density at radius 3 is 2.61 bits per heavy atom. The molecule has 1 aliphatic heterocycles. The number of nitrogens with two attached hydrogens (primary N) is 1. The van der Waals surface area contributed by atoms with E-state index in [0.29, 0.717) is 44.2 Å². The lowest BCUT2D eigenvalue weighted by Gasteiger charge is -2.30. The molecule has 10 nitrogen and oxygen atoms in total. The molecule has 1 aromatic carbocycles. The summed E-state index contributed by atoms with van der Waals surface area (Å²) in [6.07, 6.45) is 3.34. The van der Waals surface area contributed by atoms with E-state index in [1.165, 1.54) is 12.1 Å². The van der Waals surface area contributed by atoms with Gasteiger partial charge in [0.25, 0.3) is 5.91 Å². The first-order valence-corrected chi connectivity index (χ1v) is 11.9. The Balaban J connectivity index is 1.80. The molecule has 11 heteroatoms. The smallest absolute Gasteiger partial charge is 0.257 e. The quantitative estimate of drug-likeness (QED) is 0.583. The number of carbonyl (C=O) groups is 1. The lowest BCUT2D eigenvalue weighted by molar-refractivity contribution is 0.102. The molecule has 0 radical (unpaired) electrons. The van der Waals surface area contributed by atoms with Gasteiger partial charge < -0.3 is 19.9 Å². The van der Waals surface area contributed by atoms with Gasteiger partial charge in [0.05, 0.1) is 42.1 Å². The molecular weight excluding hydrogens is 420 g/mol. The Morgan fingerprint density at radius 2 is 1.97 bits per heavy atom. The Bertz CT molecular complexity index is 997. The van der Waals surface area contributed by atoms with Crippen LogP contribution in [-0.2, 0) is 21.3 Å². The van der Waals surface area contributed by atoms with Gasteiger partial charge in [-0.2, -0.15) is 5.10 Å². The Morgan fingerprint density at radius 1 is 1.26 bits per heavy atom. The normalized spacial score (nSPS) is 14.8. The van der Waals surface area contributed by atoms with Gasteiger partial charge in [-0.15, -0.1) is 0 Å². The highest BCUT2D eigenvalue weighted by atomic mass is 32.2. The number of benzene rings is 1. The minimum atomic E-state index is -3.94. The zero-order valence-electron chi connectivity index (χ0n) is 18.0. The van der Waals surface area contributed by atoms with E-state index in [-0.39, 0.29) is 10.5 Å². The number of morpholine rings is 1. The van der Waals surface area contributed by atoms with E-state index < -0.39 is 15.9 Å². The fourth-order valence-corrected chi connectivity index (χ4v) is 4.03. The van der Waals surface area contributed by atoms with Crippen LogP contribution in [0.4, 0.5) is 11.4 Å². The predicted octanol–water partition coefficient (Wildman–Crippen LogP) is 0.961. The highest BCUT2D eigenvalue weighted by Crippen LogP contribution is 2.26. The molecule has 3 rings (SSSR count). The summed E-state index contributed by atoms with van der Waals surface area (Å²) in [5.74, 6) is -0.421. The SMILES string of the molecule is CCN(CC)CCn1cc(NC(=O)c2cc(S(N)(=O)=O)ccc2N2CCOCC2)cn1. The van der Waals surface area contributed by atoms with Crippen LogP contribution in [0.2, 0.25) is 0 Å². The fraction of sp³-hybridized carbons (Fsp3) is 0.500. The lowest BCUT2D eigenvalue weighted by atomic mass is 10.1. The second-order valence-corrected chi connectivity index (χ2v) is 8.86. The van der Waals surface area contributed by atoms with E-state index in [1.54, 1.807) is 23.1 Å². The van der Waals surface area contributed by atoms with Crippen molar-refractivity contribution in [3.05, 3.63) is 36.2 Å². The molecule has 31 heavy (non-hydrogen) atoms. The first kappa shape index (κ1) is 23.2. The van der Waals surface area contributed by atoms with Crippen LogP contribution in [0, 0.1) is 0 Å². The Hall–Kier alpha value is -2.47. The van der Waals surface area contributed by atoms with Gasteiger partial charge in [-0.25, -0.2) is 13.6 Å². The number of nitrogens with zero attached hydrogens (tertiary/aromatic N) is 4. The van der Waals surface area contributed by atoms with Crippen molar-refractivity contribution in [2.75, 3.05) is 56.2 Å². The second-order valence-electron chi connectivity index (χ2n) is 7.30. The van der Waals surface area contributed by atoms with E-state index in [0.717, 1.165) is 19.6 Å². The van der Waals surface area contributed by atoms with Gasteiger partial charge in [-0.05, 0) is 31.3 Å². The maximum atomic E-state index is 13.1. The number of nitrogens with one attached hydrogen (secondary N) is 1. The Kier molecular flexibility index (Phi) is 7.65. The number of primary sulfonamides is 1. The molecule has 1 saturated heterocycles. The first-order valence-electron chi connectivity index (χ1n) is 10.4. The van der Waals surface area contributed by atoms with Crippen LogP contribution in [0.25, 0.3) is 0 Å². The number of hydrogen-bond donors (Lipinski definition) is 2. The van der Waals surface area contributed by atoms with Crippen LogP contribution in [0.5, 0.6) is 0 Å². The summed E-state index contributed by atoms with van der Waals surface area (Å²) >= 11 is 0. The molecule has 0 saturated carbocycles. The second kappa shape index (κ2) is 10.2. The third kappa shape index (κ3) is 6.03. The number of rotatable bonds is 9. The maximum Gasteiger partial charge on any atom is 0.257 e. The van der Waals surface area contributed by atoms with Crippen molar-refractivity contribution < 1.29 is 17.9 Å². The summed E-state index contributed by atoms with van der Waals surface area (Å²) in [5, 5.41) is 12.4. The molecule has 3 N–H and O–H groups in total. The summed E-state index contributed by atoms with van der Waals surface area (Å²) in [6.45, 7) is 10.0. The average Bonchev–Trinajstić information content (AvgIpc) is 3.21. The highest BCUT2D eigenvalue weighted by Gasteiger charge is 2.22. The third-order valence-electron chi connectivity index (χ3n) is 5.32. The number of carbonyl (C=O) groups excluding carboxylic acids is 1. The minimum Gasteiger partial charge on any atom is -0.378 e. The molecule has 0 spiro atoms. The monoisotopic (exact) mass is 450 g/mol. The molecule has 2 heterocycles. The van der Waals surface area contributed by atoms with Gasteiger partial charge in [0.1, 0.15) is 0 Å². The molecule has 2 aromatic rings. The molecule has 0 atom stereocenters. The van der Waals surface area contributed by atoms with E-state index >= 15 is 0 Å². The fourth-order valence-electron chi connectivity index (χ4n) is 3.49. The van der Waals surface area contributed by atoms with Crippen molar-refractivity contribution in [3.8, 4) is 0 Å². The van der Waals surface area contributed by atoms with Crippen LogP contribution >= 0.6 is 0 Å². The predicted molar refractivity (Wildman–Crippen MR) is 119 cm³/mol. The number of hydrogen-bond acceptors (Lipinski definition) is 7. The maximum absolute atomic E-state index is 13.1. The minimum absolute atomic E-state index is 0.107. The first-order chi connectivity index (χ1) is 14.8. The van der Waals surface area contributed by atoms with Crippen LogP contribution in [0.15, 0.2) is 35.5 Å². The van der Waals surface area contributed by atoms with E-state index in [1.807, 2.05) is 4.90 Å². The summed E-state index contributed by atoms with van der Waals surface area (Å²) in [4.78, 5) is 17.3. The van der Waals surface area contributed by atoms with Crippen molar-refractivity contribution in [2.24, 2.45) is 5.14 Å². The molecular formula is C20H30N6O4S. The van der Waals surface area contributed by atoms with Crippen LogP contribution in [0.1, 0.15) is 24.2 Å². The average molecular weight is 451 g/mol. The standard InChI is InChI=1S/C20H30N6O4S/c1-3-24(4-2)7-8-26-15-16(14-22-26)23-20(27)18-13-17(31(21,28)29)5-6-19(18)25-9-11-30-12-10-25/h5-6,13-15H,3-4,7-12H2,1-2H3,(H,23,27)(H2,21,28,29). The molecule has 1 aliphatic rings. The highest BCUT2D eigenvalue weighted by molar-refractivity contribution is 7.89. The lowest BCUT2D eigenvalue weighted by Crippen LogP contribution is -2.37. The van der Waals surface area contributed by atoms with Crippen LogP contribution < -0.4 is 15.4 Å². The number of amides is 1.